The molecule has 0 N–H and O–H groups in total. The standard InChI is InChI=1S/C9H12F2N2O2/c1-5(2)6-7(14-3)12-4-13-8(6)15-9(10)11/h4-5,9H,1-3H3. The van der Waals surface area contributed by atoms with Gasteiger partial charge in [-0.05, 0) is 5.92 Å². The average Bonchev–Trinajstić information content (AvgIpc) is 2.15. The van der Waals surface area contributed by atoms with E-state index in [0.717, 1.165) is 6.33 Å². The highest BCUT2D eigenvalue weighted by Crippen LogP contribution is 2.31. The number of methoxy groups -OCH3 is 1. The summed E-state index contributed by atoms with van der Waals surface area (Å²) in [6.07, 6.45) is 1.13. The summed E-state index contributed by atoms with van der Waals surface area (Å²) in [6.45, 7) is 0.737. The van der Waals surface area contributed by atoms with E-state index in [2.05, 4.69) is 14.7 Å². The molecule has 0 bridgehead atoms. The number of halogens is 2. The molecule has 4 nitrogen and oxygen atoms in total. The van der Waals surface area contributed by atoms with Crippen molar-refractivity contribution in [1.29, 1.82) is 0 Å². The number of hydrogen-bond acceptors (Lipinski definition) is 4. The number of hydrogen-bond donors (Lipinski definition) is 0. The maximum absolute atomic E-state index is 12.1. The molecule has 1 aromatic rings. The van der Waals surface area contributed by atoms with Crippen molar-refractivity contribution in [3.8, 4) is 11.8 Å². The fourth-order valence-electron chi connectivity index (χ4n) is 1.20. The van der Waals surface area contributed by atoms with Crippen molar-refractivity contribution in [2.75, 3.05) is 7.11 Å². The van der Waals surface area contributed by atoms with Crippen LogP contribution in [0, 0.1) is 0 Å². The molecule has 1 rings (SSSR count). The smallest absolute Gasteiger partial charge is 0.388 e. The van der Waals surface area contributed by atoms with Gasteiger partial charge in [0.25, 0.3) is 0 Å². The lowest BCUT2D eigenvalue weighted by Crippen LogP contribution is -2.09. The van der Waals surface area contributed by atoms with Crippen LogP contribution in [0.25, 0.3) is 0 Å². The van der Waals surface area contributed by atoms with Crippen LogP contribution in [0.5, 0.6) is 11.8 Å². The zero-order valence-corrected chi connectivity index (χ0v) is 8.70. The van der Waals surface area contributed by atoms with Crippen LogP contribution >= 0.6 is 0 Å². The van der Waals surface area contributed by atoms with Gasteiger partial charge >= 0.3 is 6.61 Å². The predicted octanol–water partition coefficient (Wildman–Crippen LogP) is 2.21. The molecule has 0 atom stereocenters. The SMILES string of the molecule is COc1ncnc(OC(F)F)c1C(C)C. The number of nitrogens with zero attached hydrogens (tertiary/aromatic N) is 2. The summed E-state index contributed by atoms with van der Waals surface area (Å²) in [4.78, 5) is 7.48. The first-order chi connectivity index (χ1) is 7.06. The monoisotopic (exact) mass is 218 g/mol. The Hall–Kier alpha value is -1.46. The summed E-state index contributed by atoms with van der Waals surface area (Å²) >= 11 is 0. The molecule has 0 saturated carbocycles. The average molecular weight is 218 g/mol. The summed E-state index contributed by atoms with van der Waals surface area (Å²) < 4.78 is 33.4. The highest BCUT2D eigenvalue weighted by atomic mass is 19.3. The normalized spacial score (nSPS) is 10.9. The number of aromatic nitrogens is 2. The lowest BCUT2D eigenvalue weighted by Gasteiger charge is -2.14. The zero-order valence-electron chi connectivity index (χ0n) is 8.70. The molecule has 0 saturated heterocycles. The quantitative estimate of drug-likeness (QED) is 0.777. The minimum atomic E-state index is -2.90. The van der Waals surface area contributed by atoms with Gasteiger partial charge in [0.2, 0.25) is 11.8 Å². The van der Waals surface area contributed by atoms with Crippen LogP contribution in [0.3, 0.4) is 0 Å². The van der Waals surface area contributed by atoms with Gasteiger partial charge in [-0.25, -0.2) is 9.97 Å². The first-order valence-corrected chi connectivity index (χ1v) is 4.40. The molecule has 0 radical (unpaired) electrons. The fraction of sp³-hybridized carbons (Fsp3) is 0.556. The second-order valence-corrected chi connectivity index (χ2v) is 3.13. The highest BCUT2D eigenvalue weighted by Gasteiger charge is 2.19. The van der Waals surface area contributed by atoms with E-state index >= 15 is 0 Å². The Balaban J connectivity index is 3.13. The maximum atomic E-state index is 12.1. The third-order valence-electron chi connectivity index (χ3n) is 1.78. The Bertz CT molecular complexity index is 332. The minimum absolute atomic E-state index is 0.0603. The van der Waals surface area contributed by atoms with Crippen molar-refractivity contribution < 1.29 is 18.3 Å². The van der Waals surface area contributed by atoms with Crippen LogP contribution in [0.15, 0.2) is 6.33 Å². The van der Waals surface area contributed by atoms with E-state index in [4.69, 9.17) is 4.74 Å². The van der Waals surface area contributed by atoms with Gasteiger partial charge in [0.05, 0.1) is 12.7 Å². The zero-order chi connectivity index (χ0) is 11.4. The van der Waals surface area contributed by atoms with E-state index in [1.54, 1.807) is 0 Å². The van der Waals surface area contributed by atoms with Crippen LogP contribution in [-0.4, -0.2) is 23.7 Å². The van der Waals surface area contributed by atoms with E-state index in [9.17, 15) is 8.78 Å². The Labute approximate surface area is 86.3 Å². The molecule has 0 amide bonds. The van der Waals surface area contributed by atoms with Gasteiger partial charge in [-0.2, -0.15) is 8.78 Å². The summed E-state index contributed by atoms with van der Waals surface area (Å²) in [5.41, 5.74) is 0.445. The summed E-state index contributed by atoms with van der Waals surface area (Å²) in [5.74, 6) is 0.0670. The molecule has 15 heavy (non-hydrogen) atoms. The van der Waals surface area contributed by atoms with E-state index in [1.165, 1.54) is 7.11 Å². The summed E-state index contributed by atoms with van der Waals surface area (Å²) in [6, 6.07) is 0. The highest BCUT2D eigenvalue weighted by molar-refractivity contribution is 5.36. The first-order valence-electron chi connectivity index (χ1n) is 4.40. The topological polar surface area (TPSA) is 44.2 Å². The van der Waals surface area contributed by atoms with Gasteiger partial charge in [0.15, 0.2) is 0 Å². The number of rotatable bonds is 4. The summed E-state index contributed by atoms with van der Waals surface area (Å²) in [5, 5.41) is 0. The van der Waals surface area contributed by atoms with Gasteiger partial charge < -0.3 is 9.47 Å². The molecule has 0 aliphatic heterocycles. The molecule has 1 aromatic heterocycles. The van der Waals surface area contributed by atoms with Crippen LogP contribution in [-0.2, 0) is 0 Å². The first kappa shape index (κ1) is 11.6. The maximum Gasteiger partial charge on any atom is 0.388 e. The molecular formula is C9H12F2N2O2. The van der Waals surface area contributed by atoms with Crippen LogP contribution in [0.1, 0.15) is 25.3 Å². The van der Waals surface area contributed by atoms with Crippen molar-refractivity contribution in [3.63, 3.8) is 0 Å². The lowest BCUT2D eigenvalue weighted by molar-refractivity contribution is -0.0538. The Morgan fingerprint density at radius 2 is 1.80 bits per heavy atom. The molecule has 0 aliphatic carbocycles. The third-order valence-corrected chi connectivity index (χ3v) is 1.78. The largest absolute Gasteiger partial charge is 0.481 e. The van der Waals surface area contributed by atoms with Gasteiger partial charge in [0, 0.05) is 0 Å². The second kappa shape index (κ2) is 4.86. The summed E-state index contributed by atoms with van der Waals surface area (Å²) in [7, 11) is 1.42. The minimum Gasteiger partial charge on any atom is -0.481 e. The molecule has 0 unspecified atom stereocenters. The van der Waals surface area contributed by atoms with Crippen molar-refractivity contribution in [2.24, 2.45) is 0 Å². The number of ether oxygens (including phenoxy) is 2. The van der Waals surface area contributed by atoms with Crippen LogP contribution in [0.4, 0.5) is 8.78 Å². The Kier molecular flexibility index (Phi) is 3.76. The molecule has 84 valence electrons. The molecule has 6 heteroatoms. The van der Waals surface area contributed by atoms with Crippen LogP contribution in [0.2, 0.25) is 0 Å². The van der Waals surface area contributed by atoms with E-state index in [1.807, 2.05) is 13.8 Å². The van der Waals surface area contributed by atoms with Gasteiger partial charge in [0.1, 0.15) is 6.33 Å². The molecule has 0 aliphatic rings. The predicted molar refractivity (Wildman–Crippen MR) is 49.3 cm³/mol. The molecule has 0 spiro atoms. The third kappa shape index (κ3) is 2.74. The fourth-order valence-corrected chi connectivity index (χ4v) is 1.20. The van der Waals surface area contributed by atoms with Gasteiger partial charge in [-0.3, -0.25) is 0 Å². The molecule has 0 aromatic carbocycles. The van der Waals surface area contributed by atoms with Gasteiger partial charge in [-0.1, -0.05) is 13.8 Å². The van der Waals surface area contributed by atoms with Gasteiger partial charge in [-0.15, -0.1) is 0 Å². The van der Waals surface area contributed by atoms with Crippen molar-refractivity contribution in [3.05, 3.63) is 11.9 Å². The number of alkyl halides is 2. The Morgan fingerprint density at radius 3 is 2.27 bits per heavy atom. The van der Waals surface area contributed by atoms with E-state index in [-0.39, 0.29) is 17.7 Å². The van der Waals surface area contributed by atoms with Crippen molar-refractivity contribution in [1.82, 2.24) is 9.97 Å². The molecule has 0 fully saturated rings. The second-order valence-electron chi connectivity index (χ2n) is 3.13. The molecule has 1 heterocycles. The van der Waals surface area contributed by atoms with E-state index in [0.29, 0.717) is 5.56 Å². The van der Waals surface area contributed by atoms with Crippen molar-refractivity contribution >= 4 is 0 Å². The Morgan fingerprint density at radius 1 is 1.20 bits per heavy atom. The van der Waals surface area contributed by atoms with E-state index < -0.39 is 6.61 Å². The lowest BCUT2D eigenvalue weighted by atomic mass is 10.1. The van der Waals surface area contributed by atoms with Crippen LogP contribution < -0.4 is 9.47 Å². The van der Waals surface area contributed by atoms with Crippen molar-refractivity contribution in [2.45, 2.75) is 26.4 Å². The molecular weight excluding hydrogens is 206 g/mol.